The lowest BCUT2D eigenvalue weighted by Gasteiger charge is -2.12. The van der Waals surface area contributed by atoms with Crippen molar-refractivity contribution in [3.8, 4) is 11.5 Å². The molecule has 1 saturated carbocycles. The van der Waals surface area contributed by atoms with Crippen molar-refractivity contribution >= 4 is 5.69 Å². The SMILES string of the molecule is O=[N+]([O-])c1cc(C2(CO)CC2)cc2c1OCO2. The van der Waals surface area contributed by atoms with Crippen LogP contribution < -0.4 is 9.47 Å². The Morgan fingerprint density at radius 1 is 1.41 bits per heavy atom. The number of rotatable bonds is 3. The molecule has 2 aliphatic rings. The number of hydrogen-bond acceptors (Lipinski definition) is 5. The van der Waals surface area contributed by atoms with E-state index in [4.69, 9.17) is 9.47 Å². The predicted molar refractivity (Wildman–Crippen MR) is 57.2 cm³/mol. The summed E-state index contributed by atoms with van der Waals surface area (Å²) < 4.78 is 10.3. The molecule has 0 radical (unpaired) electrons. The van der Waals surface area contributed by atoms with Crippen LogP contribution in [0.4, 0.5) is 5.69 Å². The molecule has 0 spiro atoms. The van der Waals surface area contributed by atoms with Crippen LogP contribution in [0.3, 0.4) is 0 Å². The van der Waals surface area contributed by atoms with Crippen LogP contribution in [0, 0.1) is 10.1 Å². The van der Waals surface area contributed by atoms with E-state index in [0.29, 0.717) is 5.75 Å². The number of nitro benzene ring substituents is 1. The quantitative estimate of drug-likeness (QED) is 0.633. The van der Waals surface area contributed by atoms with Gasteiger partial charge >= 0.3 is 5.69 Å². The fourth-order valence-corrected chi connectivity index (χ4v) is 2.12. The molecule has 17 heavy (non-hydrogen) atoms. The molecule has 1 aliphatic heterocycles. The average molecular weight is 237 g/mol. The second kappa shape index (κ2) is 3.33. The largest absolute Gasteiger partial charge is 0.453 e. The zero-order valence-electron chi connectivity index (χ0n) is 9.01. The summed E-state index contributed by atoms with van der Waals surface area (Å²) in [6.07, 6.45) is 1.70. The Hall–Kier alpha value is -1.82. The number of aliphatic hydroxyl groups is 1. The lowest BCUT2D eigenvalue weighted by atomic mass is 9.96. The Kier molecular flexibility index (Phi) is 2.03. The van der Waals surface area contributed by atoms with Crippen molar-refractivity contribution in [1.29, 1.82) is 0 Å². The minimum absolute atomic E-state index is 0.00377. The van der Waals surface area contributed by atoms with E-state index >= 15 is 0 Å². The third-order valence-electron chi connectivity index (χ3n) is 3.42. The first-order chi connectivity index (χ1) is 8.16. The van der Waals surface area contributed by atoms with Gasteiger partial charge in [-0.2, -0.15) is 0 Å². The highest BCUT2D eigenvalue weighted by Crippen LogP contribution is 2.52. The Balaban J connectivity index is 2.13. The third-order valence-corrected chi connectivity index (χ3v) is 3.42. The Morgan fingerprint density at radius 3 is 2.76 bits per heavy atom. The third kappa shape index (κ3) is 1.44. The minimum atomic E-state index is -0.482. The Morgan fingerprint density at radius 2 is 2.18 bits per heavy atom. The van der Waals surface area contributed by atoms with Crippen LogP contribution in [-0.2, 0) is 5.41 Å². The number of fused-ring (bicyclic) bond motifs is 1. The number of aliphatic hydroxyl groups excluding tert-OH is 1. The molecule has 0 bridgehead atoms. The van der Waals surface area contributed by atoms with E-state index in [1.807, 2.05) is 0 Å². The minimum Gasteiger partial charge on any atom is -0.453 e. The topological polar surface area (TPSA) is 81.8 Å². The van der Waals surface area contributed by atoms with Gasteiger partial charge in [-0.25, -0.2) is 0 Å². The van der Waals surface area contributed by atoms with Crippen molar-refractivity contribution < 1.29 is 19.5 Å². The number of nitro groups is 1. The summed E-state index contributed by atoms with van der Waals surface area (Å²) in [4.78, 5) is 10.5. The molecule has 1 aromatic carbocycles. The van der Waals surface area contributed by atoms with E-state index in [0.717, 1.165) is 18.4 Å². The van der Waals surface area contributed by atoms with Gasteiger partial charge in [0.1, 0.15) is 0 Å². The summed E-state index contributed by atoms with van der Waals surface area (Å²) in [5, 5.41) is 20.3. The summed E-state index contributed by atoms with van der Waals surface area (Å²) in [6.45, 7) is 0.00947. The Bertz CT molecular complexity index is 495. The van der Waals surface area contributed by atoms with Crippen molar-refractivity contribution in [2.24, 2.45) is 0 Å². The average Bonchev–Trinajstić information content (AvgIpc) is 2.98. The highest BCUT2D eigenvalue weighted by Gasteiger charge is 2.45. The number of ether oxygens (including phenoxy) is 2. The summed E-state index contributed by atoms with van der Waals surface area (Å²) in [5.41, 5.74) is 0.358. The molecule has 6 heteroatoms. The second-order valence-corrected chi connectivity index (χ2v) is 4.42. The number of hydrogen-bond donors (Lipinski definition) is 1. The van der Waals surface area contributed by atoms with Crippen LogP contribution in [0.25, 0.3) is 0 Å². The van der Waals surface area contributed by atoms with E-state index in [-0.39, 0.29) is 30.3 Å². The molecule has 1 fully saturated rings. The summed E-state index contributed by atoms with van der Waals surface area (Å²) in [7, 11) is 0. The van der Waals surface area contributed by atoms with Crippen molar-refractivity contribution in [2.75, 3.05) is 13.4 Å². The standard InChI is InChI=1S/C11H11NO5/c13-5-11(1-2-11)7-3-8(12(14)15)10-9(4-7)16-6-17-10/h3-4,13H,1-2,5-6H2. The molecule has 0 amide bonds. The van der Waals surface area contributed by atoms with Gasteiger partial charge in [0.15, 0.2) is 5.75 Å². The van der Waals surface area contributed by atoms with Crippen LogP contribution in [0.5, 0.6) is 11.5 Å². The number of nitrogens with zero attached hydrogens (tertiary/aromatic N) is 1. The molecular formula is C11H11NO5. The molecule has 90 valence electrons. The maximum absolute atomic E-state index is 11.0. The van der Waals surface area contributed by atoms with Gasteiger partial charge in [0.25, 0.3) is 0 Å². The van der Waals surface area contributed by atoms with Crippen molar-refractivity contribution in [1.82, 2.24) is 0 Å². The van der Waals surface area contributed by atoms with Gasteiger partial charge in [-0.15, -0.1) is 0 Å². The van der Waals surface area contributed by atoms with Gasteiger partial charge in [-0.1, -0.05) is 0 Å². The van der Waals surface area contributed by atoms with Gasteiger partial charge in [-0.3, -0.25) is 10.1 Å². The highest BCUT2D eigenvalue weighted by atomic mass is 16.7. The molecule has 1 N–H and O–H groups in total. The van der Waals surface area contributed by atoms with Crippen LogP contribution >= 0.6 is 0 Å². The highest BCUT2D eigenvalue weighted by molar-refractivity contribution is 5.61. The van der Waals surface area contributed by atoms with Gasteiger partial charge in [-0.05, 0) is 24.5 Å². The maximum Gasteiger partial charge on any atom is 0.315 e. The maximum atomic E-state index is 11.0. The molecule has 3 rings (SSSR count). The fourth-order valence-electron chi connectivity index (χ4n) is 2.12. The van der Waals surface area contributed by atoms with E-state index in [9.17, 15) is 15.2 Å². The van der Waals surface area contributed by atoms with Gasteiger partial charge < -0.3 is 14.6 Å². The van der Waals surface area contributed by atoms with E-state index in [1.54, 1.807) is 6.07 Å². The van der Waals surface area contributed by atoms with Crippen LogP contribution in [0.15, 0.2) is 12.1 Å². The van der Waals surface area contributed by atoms with E-state index < -0.39 is 4.92 Å². The van der Waals surface area contributed by atoms with Crippen molar-refractivity contribution in [2.45, 2.75) is 18.3 Å². The lowest BCUT2D eigenvalue weighted by molar-refractivity contribution is -0.385. The van der Waals surface area contributed by atoms with Crippen LogP contribution in [0.1, 0.15) is 18.4 Å². The predicted octanol–water partition coefficient (Wildman–Crippen LogP) is 1.35. The molecule has 1 aromatic rings. The zero-order valence-corrected chi connectivity index (χ0v) is 9.01. The van der Waals surface area contributed by atoms with Crippen LogP contribution in [-0.4, -0.2) is 23.4 Å². The lowest BCUT2D eigenvalue weighted by Crippen LogP contribution is -2.12. The van der Waals surface area contributed by atoms with Gasteiger partial charge in [0.2, 0.25) is 12.5 Å². The monoisotopic (exact) mass is 237 g/mol. The second-order valence-electron chi connectivity index (χ2n) is 4.42. The van der Waals surface area contributed by atoms with Crippen molar-refractivity contribution in [3.63, 3.8) is 0 Å². The smallest absolute Gasteiger partial charge is 0.315 e. The fraction of sp³-hybridized carbons (Fsp3) is 0.455. The molecule has 0 atom stereocenters. The molecule has 1 heterocycles. The molecule has 0 aromatic heterocycles. The molecule has 0 saturated heterocycles. The Labute approximate surface area is 96.9 Å². The molecular weight excluding hydrogens is 226 g/mol. The van der Waals surface area contributed by atoms with Gasteiger partial charge in [0, 0.05) is 11.5 Å². The summed E-state index contributed by atoms with van der Waals surface area (Å²) >= 11 is 0. The molecule has 6 nitrogen and oxygen atoms in total. The van der Waals surface area contributed by atoms with E-state index in [1.165, 1.54) is 6.07 Å². The number of benzene rings is 1. The first-order valence-corrected chi connectivity index (χ1v) is 5.36. The van der Waals surface area contributed by atoms with Gasteiger partial charge in [0.05, 0.1) is 11.5 Å². The summed E-state index contributed by atoms with van der Waals surface area (Å²) in [5.74, 6) is 0.585. The molecule has 1 aliphatic carbocycles. The molecule has 0 unspecified atom stereocenters. The van der Waals surface area contributed by atoms with Crippen molar-refractivity contribution in [3.05, 3.63) is 27.8 Å². The first kappa shape index (κ1) is 10.3. The first-order valence-electron chi connectivity index (χ1n) is 5.36. The van der Waals surface area contributed by atoms with Crippen LogP contribution in [0.2, 0.25) is 0 Å². The zero-order chi connectivity index (χ0) is 12.0. The van der Waals surface area contributed by atoms with E-state index in [2.05, 4.69) is 0 Å². The summed E-state index contributed by atoms with van der Waals surface area (Å²) in [6, 6.07) is 3.22. The normalized spacial score (nSPS) is 19.1.